The van der Waals surface area contributed by atoms with Gasteiger partial charge in [0.25, 0.3) is 0 Å². The number of carbonyl (C=O) groups excluding carboxylic acids is 2. The zero-order valence-corrected chi connectivity index (χ0v) is 15.0. The van der Waals surface area contributed by atoms with Crippen LogP contribution in [0.1, 0.15) is 19.4 Å². The molecule has 0 fully saturated rings. The molecule has 2 aromatic carbocycles. The van der Waals surface area contributed by atoms with Gasteiger partial charge in [0.15, 0.2) is 0 Å². The molecule has 0 radical (unpaired) electrons. The molecule has 5 nitrogen and oxygen atoms in total. The van der Waals surface area contributed by atoms with E-state index in [9.17, 15) is 9.59 Å². The lowest BCUT2D eigenvalue weighted by atomic mass is 10.2. The van der Waals surface area contributed by atoms with Crippen LogP contribution >= 0.6 is 11.6 Å². The second-order valence-corrected chi connectivity index (χ2v) is 5.94. The molecule has 132 valence electrons. The minimum atomic E-state index is -0.256. The van der Waals surface area contributed by atoms with E-state index in [0.29, 0.717) is 23.9 Å². The van der Waals surface area contributed by atoms with Crippen molar-refractivity contribution >= 4 is 29.1 Å². The number of amides is 2. The molecule has 2 amide bonds. The van der Waals surface area contributed by atoms with E-state index in [1.807, 2.05) is 19.1 Å². The van der Waals surface area contributed by atoms with E-state index < -0.39 is 0 Å². The molecule has 0 bridgehead atoms. The van der Waals surface area contributed by atoms with Gasteiger partial charge in [-0.15, -0.1) is 0 Å². The van der Waals surface area contributed by atoms with Crippen molar-refractivity contribution in [3.63, 3.8) is 0 Å². The summed E-state index contributed by atoms with van der Waals surface area (Å²) < 4.78 is 5.36. The maximum absolute atomic E-state index is 12.2. The third kappa shape index (κ3) is 6.12. The Balaban J connectivity index is 1.95. The first-order valence-electron chi connectivity index (χ1n) is 8.00. The van der Waals surface area contributed by atoms with Crippen LogP contribution in [0.25, 0.3) is 0 Å². The van der Waals surface area contributed by atoms with Crippen LogP contribution in [0.4, 0.5) is 5.69 Å². The average Bonchev–Trinajstić information content (AvgIpc) is 2.58. The summed E-state index contributed by atoms with van der Waals surface area (Å²) in [6.07, 6.45) is 0. The van der Waals surface area contributed by atoms with Gasteiger partial charge in [-0.25, -0.2) is 0 Å². The van der Waals surface area contributed by atoms with E-state index in [-0.39, 0.29) is 18.4 Å². The van der Waals surface area contributed by atoms with E-state index in [0.717, 1.165) is 11.3 Å². The molecule has 0 heterocycles. The first kappa shape index (κ1) is 18.8. The van der Waals surface area contributed by atoms with Crippen LogP contribution in [-0.4, -0.2) is 29.9 Å². The minimum Gasteiger partial charge on any atom is -0.494 e. The number of nitrogens with one attached hydrogen (secondary N) is 1. The highest BCUT2D eigenvalue weighted by molar-refractivity contribution is 6.30. The lowest BCUT2D eigenvalue weighted by Gasteiger charge is -2.20. The Labute approximate surface area is 152 Å². The molecule has 0 saturated heterocycles. The van der Waals surface area contributed by atoms with Gasteiger partial charge in [-0.3, -0.25) is 9.59 Å². The van der Waals surface area contributed by atoms with Gasteiger partial charge in [-0.1, -0.05) is 23.7 Å². The van der Waals surface area contributed by atoms with Crippen LogP contribution in [0.5, 0.6) is 5.75 Å². The second-order valence-electron chi connectivity index (χ2n) is 5.51. The number of anilines is 1. The summed E-state index contributed by atoms with van der Waals surface area (Å²) >= 11 is 5.86. The quantitative estimate of drug-likeness (QED) is 0.818. The van der Waals surface area contributed by atoms with E-state index >= 15 is 0 Å². The van der Waals surface area contributed by atoms with E-state index in [1.165, 1.54) is 11.8 Å². The third-order valence-corrected chi connectivity index (χ3v) is 3.77. The van der Waals surface area contributed by atoms with Crippen molar-refractivity contribution in [3.05, 3.63) is 59.1 Å². The Morgan fingerprint density at radius 1 is 1.08 bits per heavy atom. The topological polar surface area (TPSA) is 58.6 Å². The SMILES string of the molecule is CCOc1ccc(NC(=O)CN(Cc2ccc(Cl)cc2)C(C)=O)cc1. The number of hydrogen-bond donors (Lipinski definition) is 1. The maximum Gasteiger partial charge on any atom is 0.244 e. The van der Waals surface area contributed by atoms with Gasteiger partial charge >= 0.3 is 0 Å². The Kier molecular flexibility index (Phi) is 6.83. The standard InChI is InChI=1S/C19H21ClN2O3/c1-3-25-18-10-8-17(9-11-18)21-19(24)13-22(14(2)23)12-15-4-6-16(20)7-5-15/h4-11H,3,12-13H2,1-2H3,(H,21,24). The Morgan fingerprint density at radius 2 is 1.72 bits per heavy atom. The van der Waals surface area contributed by atoms with Crippen LogP contribution in [0, 0.1) is 0 Å². The number of rotatable bonds is 7. The summed E-state index contributed by atoms with van der Waals surface area (Å²) in [5.74, 6) is 0.318. The van der Waals surface area contributed by atoms with Crippen molar-refractivity contribution in [2.45, 2.75) is 20.4 Å². The van der Waals surface area contributed by atoms with Crippen molar-refractivity contribution < 1.29 is 14.3 Å². The lowest BCUT2D eigenvalue weighted by molar-refractivity contribution is -0.133. The van der Waals surface area contributed by atoms with E-state index in [4.69, 9.17) is 16.3 Å². The van der Waals surface area contributed by atoms with Crippen molar-refractivity contribution in [2.24, 2.45) is 0 Å². The summed E-state index contributed by atoms with van der Waals surface area (Å²) in [6, 6.07) is 14.3. The zero-order valence-electron chi connectivity index (χ0n) is 14.3. The predicted octanol–water partition coefficient (Wildman–Crippen LogP) is 3.73. The van der Waals surface area contributed by atoms with Gasteiger partial charge in [0, 0.05) is 24.2 Å². The number of ether oxygens (including phenoxy) is 1. The molecule has 25 heavy (non-hydrogen) atoms. The molecule has 1 N–H and O–H groups in total. The van der Waals surface area contributed by atoms with Crippen molar-refractivity contribution in [1.29, 1.82) is 0 Å². The average molecular weight is 361 g/mol. The first-order valence-corrected chi connectivity index (χ1v) is 8.38. The Bertz CT molecular complexity index is 714. The molecule has 0 atom stereocenters. The van der Waals surface area contributed by atoms with E-state index in [2.05, 4.69) is 5.32 Å². The number of halogens is 1. The Hall–Kier alpha value is -2.53. The lowest BCUT2D eigenvalue weighted by Crippen LogP contribution is -2.36. The van der Waals surface area contributed by atoms with Crippen molar-refractivity contribution in [2.75, 3.05) is 18.5 Å². The summed E-state index contributed by atoms with van der Waals surface area (Å²) in [5, 5.41) is 3.41. The van der Waals surface area contributed by atoms with Crippen LogP contribution in [0.15, 0.2) is 48.5 Å². The molecule has 0 saturated carbocycles. The smallest absolute Gasteiger partial charge is 0.244 e. The third-order valence-electron chi connectivity index (χ3n) is 3.52. The highest BCUT2D eigenvalue weighted by atomic mass is 35.5. The molecule has 6 heteroatoms. The van der Waals surface area contributed by atoms with E-state index in [1.54, 1.807) is 36.4 Å². The highest BCUT2D eigenvalue weighted by Crippen LogP contribution is 2.16. The molecule has 2 aromatic rings. The van der Waals surface area contributed by atoms with Gasteiger partial charge in [-0.05, 0) is 48.9 Å². The van der Waals surface area contributed by atoms with Gasteiger partial charge in [0.2, 0.25) is 11.8 Å². The molecule has 2 rings (SSSR count). The normalized spacial score (nSPS) is 10.2. The molecule has 0 aliphatic carbocycles. The number of carbonyl (C=O) groups is 2. The molecule has 0 aliphatic rings. The van der Waals surface area contributed by atoms with Gasteiger partial charge in [0.1, 0.15) is 12.3 Å². The summed E-state index contributed by atoms with van der Waals surface area (Å²) in [7, 11) is 0. The Morgan fingerprint density at radius 3 is 2.28 bits per heavy atom. The fraction of sp³-hybridized carbons (Fsp3) is 0.263. The molecular formula is C19H21ClN2O3. The van der Waals surface area contributed by atoms with Crippen LogP contribution in [-0.2, 0) is 16.1 Å². The molecule has 0 aromatic heterocycles. The molecule has 0 aliphatic heterocycles. The minimum absolute atomic E-state index is 0.0226. The summed E-state index contributed by atoms with van der Waals surface area (Å²) in [5.41, 5.74) is 1.57. The number of nitrogens with zero attached hydrogens (tertiary/aromatic N) is 1. The van der Waals surface area contributed by atoms with Gasteiger partial charge < -0.3 is 15.0 Å². The van der Waals surface area contributed by atoms with Crippen molar-refractivity contribution in [1.82, 2.24) is 4.90 Å². The maximum atomic E-state index is 12.2. The fourth-order valence-electron chi connectivity index (χ4n) is 2.26. The van der Waals surface area contributed by atoms with Gasteiger partial charge in [-0.2, -0.15) is 0 Å². The van der Waals surface area contributed by atoms with Gasteiger partial charge in [0.05, 0.1) is 6.61 Å². The van der Waals surface area contributed by atoms with Crippen molar-refractivity contribution in [3.8, 4) is 5.75 Å². The number of hydrogen-bond acceptors (Lipinski definition) is 3. The largest absolute Gasteiger partial charge is 0.494 e. The molecular weight excluding hydrogens is 340 g/mol. The predicted molar refractivity (Wildman–Crippen MR) is 98.8 cm³/mol. The van der Waals surface area contributed by atoms with Crippen LogP contribution in [0.3, 0.4) is 0 Å². The first-order chi connectivity index (χ1) is 12.0. The highest BCUT2D eigenvalue weighted by Gasteiger charge is 2.14. The summed E-state index contributed by atoms with van der Waals surface area (Å²) in [6.45, 7) is 4.27. The zero-order chi connectivity index (χ0) is 18.2. The summed E-state index contributed by atoms with van der Waals surface area (Å²) in [4.78, 5) is 25.5. The monoisotopic (exact) mass is 360 g/mol. The number of benzene rings is 2. The fourth-order valence-corrected chi connectivity index (χ4v) is 2.39. The van der Waals surface area contributed by atoms with Crippen LogP contribution in [0.2, 0.25) is 5.02 Å². The molecule has 0 spiro atoms. The van der Waals surface area contributed by atoms with Crippen LogP contribution < -0.4 is 10.1 Å². The second kappa shape index (κ2) is 9.08. The molecule has 0 unspecified atom stereocenters.